The van der Waals surface area contributed by atoms with Gasteiger partial charge in [-0.2, -0.15) is 0 Å². The number of carbonyl (C=O) groups is 2. The van der Waals surface area contributed by atoms with Crippen molar-refractivity contribution in [3.05, 3.63) is 34.0 Å². The lowest BCUT2D eigenvalue weighted by Crippen LogP contribution is -2.46. The summed E-state index contributed by atoms with van der Waals surface area (Å²) in [5, 5.41) is 42.1. The molecule has 0 aromatic heterocycles. The Balaban J connectivity index is 1.82. The second kappa shape index (κ2) is 6.32. The van der Waals surface area contributed by atoms with E-state index in [4.69, 9.17) is 0 Å². The Morgan fingerprint density at radius 1 is 1.07 bits per heavy atom. The highest BCUT2D eigenvalue weighted by Gasteiger charge is 2.43. The molecule has 0 amide bonds. The minimum Gasteiger partial charge on any atom is -0.507 e. The maximum Gasteiger partial charge on any atom is 0.213 e. The van der Waals surface area contributed by atoms with Crippen molar-refractivity contribution in [2.24, 2.45) is 5.92 Å². The van der Waals surface area contributed by atoms with Crippen LogP contribution in [0, 0.1) is 5.92 Å². The van der Waals surface area contributed by atoms with Crippen LogP contribution in [0.4, 0.5) is 0 Å². The fraction of sp³-hybridized carbons (Fsp3) is 0.524. The molecule has 1 heterocycles. The number of aliphatic hydroxyl groups is 2. The minimum atomic E-state index is -1.51. The lowest BCUT2D eigenvalue weighted by molar-refractivity contribution is -0.0668. The molecule has 2 aliphatic carbocycles. The molecule has 0 bridgehead atoms. The van der Waals surface area contributed by atoms with Gasteiger partial charge in [0.2, 0.25) is 5.78 Å². The number of aliphatic hydroxyl groups excluding tert-OH is 1. The van der Waals surface area contributed by atoms with Crippen molar-refractivity contribution in [3.8, 4) is 11.5 Å². The number of phenolic OH excluding ortho intramolecular Hbond substituents is 2. The first kappa shape index (κ1) is 19.0. The zero-order valence-electron chi connectivity index (χ0n) is 16.0. The van der Waals surface area contributed by atoms with Crippen molar-refractivity contribution >= 4 is 11.6 Å². The molecule has 1 aliphatic heterocycles. The Bertz CT molecular complexity index is 908. The van der Waals surface area contributed by atoms with Gasteiger partial charge in [0.15, 0.2) is 5.78 Å². The van der Waals surface area contributed by atoms with Gasteiger partial charge in [-0.1, -0.05) is 6.92 Å². The second-order valence-electron chi connectivity index (χ2n) is 8.55. The van der Waals surface area contributed by atoms with Gasteiger partial charge >= 0.3 is 0 Å². The smallest absolute Gasteiger partial charge is 0.213 e. The van der Waals surface area contributed by atoms with E-state index in [9.17, 15) is 30.0 Å². The third-order valence-corrected chi connectivity index (χ3v) is 6.41. The predicted octanol–water partition coefficient (Wildman–Crippen LogP) is 1.30. The number of hydrogen-bond donors (Lipinski definition) is 4. The van der Waals surface area contributed by atoms with Gasteiger partial charge in [-0.3, -0.25) is 9.59 Å². The van der Waals surface area contributed by atoms with Crippen LogP contribution >= 0.6 is 0 Å². The quantitative estimate of drug-likeness (QED) is 0.537. The van der Waals surface area contributed by atoms with E-state index in [0.29, 0.717) is 19.0 Å². The normalized spacial score (nSPS) is 28.1. The third-order valence-electron chi connectivity index (χ3n) is 6.41. The predicted molar refractivity (Wildman–Crippen MR) is 101 cm³/mol. The fourth-order valence-electron chi connectivity index (χ4n) is 4.46. The lowest BCUT2D eigenvalue weighted by Gasteiger charge is -2.37. The van der Waals surface area contributed by atoms with Gasteiger partial charge in [-0.15, -0.1) is 0 Å². The molecule has 7 heteroatoms. The van der Waals surface area contributed by atoms with E-state index in [-0.39, 0.29) is 46.5 Å². The number of fused-ring (bicyclic) bond motifs is 2. The van der Waals surface area contributed by atoms with Crippen molar-refractivity contribution in [2.75, 3.05) is 13.1 Å². The van der Waals surface area contributed by atoms with E-state index >= 15 is 0 Å². The summed E-state index contributed by atoms with van der Waals surface area (Å²) in [4.78, 5) is 27.8. The number of phenols is 2. The number of hydrogen-bond acceptors (Lipinski definition) is 7. The number of nitrogens with zero attached hydrogens (tertiary/aromatic N) is 1. The topological polar surface area (TPSA) is 118 Å². The molecule has 4 rings (SSSR count). The second-order valence-corrected chi connectivity index (χ2v) is 8.55. The number of carbonyl (C=O) groups excluding carboxylic acids is 2. The summed E-state index contributed by atoms with van der Waals surface area (Å²) < 4.78 is 0. The molecule has 28 heavy (non-hydrogen) atoms. The van der Waals surface area contributed by atoms with Crippen LogP contribution in [0.1, 0.15) is 58.5 Å². The SMILES string of the molecule is CC1CCN(C2=CC(=O)c3c(O)c4c(c(O)c3C2=O)C[C@](C)(O)[C@H](O)C4)CC1. The fourth-order valence-corrected chi connectivity index (χ4v) is 4.46. The summed E-state index contributed by atoms with van der Waals surface area (Å²) in [6.07, 6.45) is 1.66. The number of Topliss-reactive ketones (excluding diaryl/α,β-unsaturated/α-hetero) is 1. The van der Waals surface area contributed by atoms with Gasteiger partial charge in [0.1, 0.15) is 11.5 Å². The van der Waals surface area contributed by atoms with Crippen LogP contribution in [0.3, 0.4) is 0 Å². The maximum atomic E-state index is 13.2. The van der Waals surface area contributed by atoms with E-state index in [1.54, 1.807) is 0 Å². The first-order valence-corrected chi connectivity index (χ1v) is 9.67. The average molecular weight is 387 g/mol. The molecular formula is C21H25NO6. The summed E-state index contributed by atoms with van der Waals surface area (Å²) in [6, 6.07) is 0. The number of aromatic hydroxyl groups is 2. The first-order valence-electron chi connectivity index (χ1n) is 9.67. The Morgan fingerprint density at radius 3 is 2.32 bits per heavy atom. The zero-order valence-corrected chi connectivity index (χ0v) is 16.0. The van der Waals surface area contributed by atoms with E-state index in [1.165, 1.54) is 13.0 Å². The van der Waals surface area contributed by atoms with Gasteiger partial charge in [0.05, 0.1) is 28.5 Å². The van der Waals surface area contributed by atoms with Gasteiger partial charge in [0.25, 0.3) is 0 Å². The molecule has 2 atom stereocenters. The van der Waals surface area contributed by atoms with Crippen molar-refractivity contribution in [1.82, 2.24) is 4.90 Å². The third kappa shape index (κ3) is 2.72. The van der Waals surface area contributed by atoms with E-state index < -0.39 is 29.0 Å². The van der Waals surface area contributed by atoms with Crippen LogP contribution in [0.25, 0.3) is 0 Å². The summed E-state index contributed by atoms with van der Waals surface area (Å²) >= 11 is 0. The Hall–Kier alpha value is -2.38. The molecule has 3 aliphatic rings. The summed E-state index contributed by atoms with van der Waals surface area (Å²) in [6.45, 7) is 4.88. The Labute approximate surface area is 162 Å². The van der Waals surface area contributed by atoms with E-state index in [0.717, 1.165) is 12.8 Å². The molecule has 1 aromatic rings. The van der Waals surface area contributed by atoms with Gasteiger partial charge in [-0.05, 0) is 25.7 Å². The van der Waals surface area contributed by atoms with E-state index in [2.05, 4.69) is 6.92 Å². The maximum absolute atomic E-state index is 13.2. The number of allylic oxidation sites excluding steroid dienone is 2. The standard InChI is InChI=1S/C21H25NO6/c1-10-3-5-22(6-4-10)13-8-14(23)16-17(20(13)27)19(26)12-9-21(2,28)15(24)7-11(12)18(16)25/h8,10,15,24-26,28H,3-7,9H2,1-2H3/t15-,21+/m1/s1. The number of benzene rings is 1. The van der Waals surface area contributed by atoms with E-state index in [1.807, 2.05) is 4.90 Å². The highest BCUT2D eigenvalue weighted by atomic mass is 16.3. The molecule has 1 fully saturated rings. The van der Waals surface area contributed by atoms with Gasteiger partial charge in [0, 0.05) is 43.1 Å². The largest absolute Gasteiger partial charge is 0.507 e. The van der Waals surface area contributed by atoms with Crippen LogP contribution in [0.5, 0.6) is 11.5 Å². The molecule has 0 unspecified atom stereocenters. The van der Waals surface area contributed by atoms with Crippen LogP contribution < -0.4 is 0 Å². The molecular weight excluding hydrogens is 362 g/mol. The minimum absolute atomic E-state index is 0.114. The molecule has 1 aromatic carbocycles. The highest BCUT2D eigenvalue weighted by molar-refractivity contribution is 6.26. The molecule has 4 N–H and O–H groups in total. The van der Waals surface area contributed by atoms with Crippen molar-refractivity contribution < 1.29 is 30.0 Å². The lowest BCUT2D eigenvalue weighted by atomic mass is 9.75. The highest BCUT2D eigenvalue weighted by Crippen LogP contribution is 2.46. The molecule has 150 valence electrons. The van der Waals surface area contributed by atoms with Gasteiger partial charge < -0.3 is 25.3 Å². The first-order chi connectivity index (χ1) is 13.1. The van der Waals surface area contributed by atoms with Crippen molar-refractivity contribution in [2.45, 2.75) is 51.2 Å². The molecule has 0 spiro atoms. The molecule has 7 nitrogen and oxygen atoms in total. The van der Waals surface area contributed by atoms with Crippen molar-refractivity contribution in [1.29, 1.82) is 0 Å². The van der Waals surface area contributed by atoms with Crippen LogP contribution in [-0.2, 0) is 12.8 Å². The monoisotopic (exact) mass is 387 g/mol. The Morgan fingerprint density at radius 2 is 1.68 bits per heavy atom. The average Bonchev–Trinajstić information content (AvgIpc) is 2.63. The van der Waals surface area contributed by atoms with Gasteiger partial charge in [-0.25, -0.2) is 0 Å². The van der Waals surface area contributed by atoms with Crippen LogP contribution in [0.2, 0.25) is 0 Å². The van der Waals surface area contributed by atoms with Crippen LogP contribution in [-0.4, -0.2) is 61.7 Å². The Kier molecular flexibility index (Phi) is 4.28. The summed E-state index contributed by atoms with van der Waals surface area (Å²) in [5.74, 6) is -1.25. The number of ketones is 2. The molecule has 0 saturated carbocycles. The summed E-state index contributed by atoms with van der Waals surface area (Å²) in [5.41, 5.74) is -1.27. The van der Waals surface area contributed by atoms with Crippen LogP contribution in [0.15, 0.2) is 11.8 Å². The van der Waals surface area contributed by atoms with Crippen molar-refractivity contribution in [3.63, 3.8) is 0 Å². The molecule has 0 radical (unpaired) electrons. The number of likely N-dealkylation sites (tertiary alicyclic amines) is 1. The zero-order chi connectivity index (χ0) is 20.4. The number of piperidine rings is 1. The summed E-state index contributed by atoms with van der Waals surface area (Å²) in [7, 11) is 0. The molecule has 1 saturated heterocycles. The number of rotatable bonds is 1.